The van der Waals surface area contributed by atoms with Crippen molar-refractivity contribution in [3.8, 4) is 17.4 Å². The van der Waals surface area contributed by atoms with Crippen molar-refractivity contribution >= 4 is 11.9 Å². The maximum Gasteiger partial charge on any atom is 0.490 e. The van der Waals surface area contributed by atoms with Crippen molar-refractivity contribution in [3.63, 3.8) is 0 Å². The summed E-state index contributed by atoms with van der Waals surface area (Å²) in [5.41, 5.74) is 0.300. The van der Waals surface area contributed by atoms with Gasteiger partial charge in [-0.3, -0.25) is 4.79 Å². The van der Waals surface area contributed by atoms with Crippen LogP contribution in [0.2, 0.25) is 0 Å². The number of rotatable bonds is 4. The van der Waals surface area contributed by atoms with Gasteiger partial charge in [0.15, 0.2) is 11.5 Å². The van der Waals surface area contributed by atoms with E-state index in [1.165, 1.54) is 0 Å². The summed E-state index contributed by atoms with van der Waals surface area (Å²) in [6, 6.07) is 10.9. The number of alkyl halides is 3. The van der Waals surface area contributed by atoms with E-state index in [-0.39, 0.29) is 24.2 Å². The Kier molecular flexibility index (Phi) is 6.51. The summed E-state index contributed by atoms with van der Waals surface area (Å²) in [6.45, 7) is 2.60. The van der Waals surface area contributed by atoms with Crippen LogP contribution in [0.25, 0.3) is 0 Å². The molecular weight excluding hydrogens is 461 g/mol. The second-order valence-corrected chi connectivity index (χ2v) is 7.91. The van der Waals surface area contributed by atoms with Gasteiger partial charge in [0, 0.05) is 30.4 Å². The first kappa shape index (κ1) is 23.6. The molecule has 9 nitrogen and oxygen atoms in total. The second kappa shape index (κ2) is 9.37. The van der Waals surface area contributed by atoms with Gasteiger partial charge in [-0.1, -0.05) is 6.07 Å². The van der Waals surface area contributed by atoms with Crippen LogP contribution in [0, 0.1) is 5.92 Å². The van der Waals surface area contributed by atoms with Crippen LogP contribution in [0.1, 0.15) is 16.8 Å². The molecule has 34 heavy (non-hydrogen) atoms. The van der Waals surface area contributed by atoms with Gasteiger partial charge in [-0.05, 0) is 30.7 Å². The number of hydrogen-bond acceptors (Lipinski definition) is 7. The summed E-state index contributed by atoms with van der Waals surface area (Å²) in [6.07, 6.45) is -2.44. The topological polar surface area (TPSA) is 107 Å². The number of likely N-dealkylation sites (tertiary alicyclic amines) is 1. The Morgan fingerprint density at radius 2 is 1.91 bits per heavy atom. The quantitative estimate of drug-likeness (QED) is 0.709. The number of halogens is 3. The highest BCUT2D eigenvalue weighted by Gasteiger charge is 2.54. The molecule has 1 unspecified atom stereocenters. The molecule has 0 bridgehead atoms. The van der Waals surface area contributed by atoms with E-state index in [1.54, 1.807) is 24.4 Å². The first-order chi connectivity index (χ1) is 16.2. The molecule has 0 radical (unpaired) electrons. The molecule has 1 atom stereocenters. The molecule has 5 rings (SSSR count). The highest BCUT2D eigenvalue weighted by molar-refractivity contribution is 5.95. The Morgan fingerprint density at radius 1 is 1.18 bits per heavy atom. The van der Waals surface area contributed by atoms with E-state index in [4.69, 9.17) is 28.8 Å². The van der Waals surface area contributed by atoms with Gasteiger partial charge in [0.2, 0.25) is 12.7 Å². The number of amides is 1. The number of fused-ring (bicyclic) bond motifs is 1. The lowest BCUT2D eigenvalue weighted by Crippen LogP contribution is -2.66. The van der Waals surface area contributed by atoms with Crippen LogP contribution < -0.4 is 14.2 Å². The fourth-order valence-electron chi connectivity index (χ4n) is 3.94. The van der Waals surface area contributed by atoms with Crippen LogP contribution in [0.3, 0.4) is 0 Å². The van der Waals surface area contributed by atoms with Crippen LogP contribution in [0.4, 0.5) is 13.2 Å². The van der Waals surface area contributed by atoms with Crippen molar-refractivity contribution < 1.29 is 46.8 Å². The lowest BCUT2D eigenvalue weighted by molar-refractivity contribution is -0.192. The van der Waals surface area contributed by atoms with Crippen molar-refractivity contribution in [2.24, 2.45) is 5.92 Å². The summed E-state index contributed by atoms with van der Waals surface area (Å²) in [4.78, 5) is 27.7. The number of benzene rings is 1. The molecule has 0 saturated carbocycles. The van der Waals surface area contributed by atoms with E-state index in [9.17, 15) is 18.0 Å². The average Bonchev–Trinajstić information content (AvgIpc) is 3.43. The first-order valence-electron chi connectivity index (χ1n) is 10.3. The van der Waals surface area contributed by atoms with E-state index in [0.717, 1.165) is 6.42 Å². The highest BCUT2D eigenvalue weighted by atomic mass is 19.4. The molecule has 1 aromatic heterocycles. The van der Waals surface area contributed by atoms with Gasteiger partial charge in [0.1, 0.15) is 5.60 Å². The summed E-state index contributed by atoms with van der Waals surface area (Å²) in [5.74, 6) is -0.605. The average molecular weight is 482 g/mol. The summed E-state index contributed by atoms with van der Waals surface area (Å²) in [7, 11) is 0. The molecule has 1 N–H and O–H groups in total. The Morgan fingerprint density at radius 3 is 2.59 bits per heavy atom. The maximum absolute atomic E-state index is 12.8. The zero-order chi connectivity index (χ0) is 24.3. The van der Waals surface area contributed by atoms with Crippen molar-refractivity contribution in [1.82, 2.24) is 9.88 Å². The Balaban J connectivity index is 0.000000344. The molecule has 1 amide bonds. The molecule has 12 heteroatoms. The van der Waals surface area contributed by atoms with E-state index in [0.29, 0.717) is 49.2 Å². The number of pyridine rings is 1. The van der Waals surface area contributed by atoms with E-state index < -0.39 is 12.1 Å². The van der Waals surface area contributed by atoms with Crippen LogP contribution >= 0.6 is 0 Å². The van der Waals surface area contributed by atoms with E-state index in [2.05, 4.69) is 4.98 Å². The predicted molar refractivity (Wildman–Crippen MR) is 109 cm³/mol. The molecule has 3 aliphatic rings. The number of carbonyl (C=O) groups excluding carboxylic acids is 1. The van der Waals surface area contributed by atoms with E-state index in [1.807, 2.05) is 23.1 Å². The van der Waals surface area contributed by atoms with Gasteiger partial charge in [0.05, 0.1) is 19.7 Å². The molecule has 3 aliphatic heterocycles. The van der Waals surface area contributed by atoms with Crippen molar-refractivity contribution in [1.29, 1.82) is 0 Å². The van der Waals surface area contributed by atoms with Crippen molar-refractivity contribution in [2.75, 3.05) is 33.1 Å². The fraction of sp³-hybridized carbons (Fsp3) is 0.409. The molecule has 182 valence electrons. The normalized spacial score (nSPS) is 19.7. The highest BCUT2D eigenvalue weighted by Crippen LogP contribution is 2.41. The molecule has 2 saturated heterocycles. The third kappa shape index (κ3) is 5.01. The number of aromatic nitrogens is 1. The first-order valence-corrected chi connectivity index (χ1v) is 10.3. The van der Waals surface area contributed by atoms with Gasteiger partial charge < -0.3 is 29.0 Å². The number of carboxylic acids is 1. The minimum atomic E-state index is -5.08. The second-order valence-electron chi connectivity index (χ2n) is 7.91. The zero-order valence-corrected chi connectivity index (χ0v) is 17.8. The van der Waals surface area contributed by atoms with Crippen molar-refractivity contribution in [3.05, 3.63) is 48.2 Å². The Bertz CT molecular complexity index is 1040. The predicted octanol–water partition coefficient (Wildman–Crippen LogP) is 2.75. The number of hydrogen-bond donors (Lipinski definition) is 1. The lowest BCUT2D eigenvalue weighted by Gasteiger charge is -2.50. The molecule has 2 fully saturated rings. The van der Waals surface area contributed by atoms with Crippen LogP contribution in [-0.2, 0) is 9.53 Å². The Labute approximate surface area is 192 Å². The number of carboxylic acid groups (broad SMARTS) is 1. The standard InChI is InChI=1S/C20H20N2O5.C2HF3O2/c23-19(14-4-5-16-17(9-14)26-13-25-16)22-11-20(12-22)15(6-8-27-20)10-24-18-3-1-2-7-21-18;3-2(4,5)1(6)7/h1-5,7,9,15H,6,8,10-13H2;(H,6,7). The lowest BCUT2D eigenvalue weighted by atomic mass is 9.81. The van der Waals surface area contributed by atoms with E-state index >= 15 is 0 Å². The van der Waals surface area contributed by atoms with Crippen molar-refractivity contribution in [2.45, 2.75) is 18.2 Å². The third-order valence-corrected chi connectivity index (χ3v) is 5.74. The van der Waals surface area contributed by atoms with Crippen LogP contribution in [-0.4, -0.2) is 71.7 Å². The fourth-order valence-corrected chi connectivity index (χ4v) is 3.94. The third-order valence-electron chi connectivity index (χ3n) is 5.74. The minimum absolute atomic E-state index is 0.0150. The number of ether oxygens (including phenoxy) is 4. The number of aliphatic carboxylic acids is 1. The smallest absolute Gasteiger partial charge is 0.477 e. The summed E-state index contributed by atoms with van der Waals surface area (Å²) < 4.78 is 54.3. The molecule has 4 heterocycles. The van der Waals surface area contributed by atoms with Gasteiger partial charge in [-0.25, -0.2) is 9.78 Å². The largest absolute Gasteiger partial charge is 0.490 e. The van der Waals surface area contributed by atoms with Crippen LogP contribution in [0.5, 0.6) is 17.4 Å². The zero-order valence-electron chi connectivity index (χ0n) is 17.8. The van der Waals surface area contributed by atoms with Crippen LogP contribution in [0.15, 0.2) is 42.6 Å². The van der Waals surface area contributed by atoms with Gasteiger partial charge >= 0.3 is 12.1 Å². The van der Waals surface area contributed by atoms with Gasteiger partial charge in [-0.15, -0.1) is 0 Å². The van der Waals surface area contributed by atoms with Gasteiger partial charge in [0.25, 0.3) is 5.91 Å². The minimum Gasteiger partial charge on any atom is -0.477 e. The molecule has 0 aliphatic carbocycles. The SMILES string of the molecule is O=C(O)C(F)(F)F.O=C(c1ccc2c(c1)OCO2)N1CC2(C1)OCCC2COc1ccccn1. The molecule has 1 spiro atoms. The number of carbonyl (C=O) groups is 2. The molecule has 2 aromatic rings. The number of nitrogens with zero attached hydrogens (tertiary/aromatic N) is 2. The van der Waals surface area contributed by atoms with Gasteiger partial charge in [-0.2, -0.15) is 13.2 Å². The monoisotopic (exact) mass is 482 g/mol. The summed E-state index contributed by atoms with van der Waals surface area (Å²) in [5, 5.41) is 7.12. The maximum atomic E-state index is 12.8. The Hall–Kier alpha value is -3.54. The summed E-state index contributed by atoms with van der Waals surface area (Å²) >= 11 is 0. The molecular formula is C22H21F3N2O7. The molecule has 1 aromatic carbocycles.